The Labute approximate surface area is 148 Å². The monoisotopic (exact) mass is 359 g/mol. The minimum atomic E-state index is -0.627. The Morgan fingerprint density at radius 2 is 2.04 bits per heavy atom. The van der Waals surface area contributed by atoms with Gasteiger partial charge in [-0.1, -0.05) is 60.4 Å². The number of rotatable bonds is 6. The van der Waals surface area contributed by atoms with Crippen LogP contribution < -0.4 is 10.1 Å². The van der Waals surface area contributed by atoms with Crippen LogP contribution in [0.2, 0.25) is 0 Å². The Balaban J connectivity index is 1.63. The van der Waals surface area contributed by atoms with Gasteiger partial charge in [-0.2, -0.15) is 0 Å². The van der Waals surface area contributed by atoms with Crippen LogP contribution in [0, 0.1) is 0 Å². The maximum atomic E-state index is 12.2. The number of aromatic nitrogens is 2. The second kappa shape index (κ2) is 7.63. The van der Waals surface area contributed by atoms with Crippen LogP contribution in [0.3, 0.4) is 0 Å². The molecule has 0 unspecified atom stereocenters. The summed E-state index contributed by atoms with van der Waals surface area (Å²) in [5.74, 6) is 1.34. The Kier molecular flexibility index (Phi) is 5.32. The van der Waals surface area contributed by atoms with Gasteiger partial charge in [0.05, 0.1) is 0 Å². The molecule has 0 bridgehead atoms. The molecule has 0 saturated heterocycles. The molecule has 5 nitrogen and oxygen atoms in total. The van der Waals surface area contributed by atoms with Gasteiger partial charge in [0.25, 0.3) is 5.91 Å². The van der Waals surface area contributed by atoms with Gasteiger partial charge in [-0.15, -0.1) is 10.2 Å². The molecule has 1 N–H and O–H groups in total. The van der Waals surface area contributed by atoms with Crippen molar-refractivity contribution < 1.29 is 9.53 Å². The van der Waals surface area contributed by atoms with Gasteiger partial charge in [-0.05, 0) is 35.6 Å². The summed E-state index contributed by atoms with van der Waals surface area (Å²) in [5.41, 5.74) is 0. The van der Waals surface area contributed by atoms with E-state index in [2.05, 4.69) is 15.5 Å². The van der Waals surface area contributed by atoms with E-state index in [4.69, 9.17) is 4.74 Å². The topological polar surface area (TPSA) is 64.1 Å². The Bertz CT molecular complexity index is 850. The van der Waals surface area contributed by atoms with E-state index in [0.717, 1.165) is 20.9 Å². The van der Waals surface area contributed by atoms with Crippen molar-refractivity contribution in [3.05, 3.63) is 42.5 Å². The van der Waals surface area contributed by atoms with Crippen LogP contribution in [-0.4, -0.2) is 28.0 Å². The van der Waals surface area contributed by atoms with Crippen molar-refractivity contribution in [1.29, 1.82) is 0 Å². The summed E-state index contributed by atoms with van der Waals surface area (Å²) >= 11 is 2.96. The molecule has 0 spiro atoms. The standard InChI is InChI=1S/C17H17N3O2S2/c1-3-23-17-20-19-16(24-17)18-15(21)11(2)22-14-9-8-12-6-4-5-7-13(12)10-14/h4-11H,3H2,1-2H3,(H,18,19,21)/t11-/m0/s1. The number of nitrogens with zero attached hydrogens (tertiary/aromatic N) is 2. The van der Waals surface area contributed by atoms with Gasteiger partial charge in [-0.3, -0.25) is 10.1 Å². The molecule has 0 fully saturated rings. The van der Waals surface area contributed by atoms with E-state index < -0.39 is 6.10 Å². The van der Waals surface area contributed by atoms with Crippen LogP contribution >= 0.6 is 23.1 Å². The van der Waals surface area contributed by atoms with Crippen molar-refractivity contribution in [2.75, 3.05) is 11.1 Å². The summed E-state index contributed by atoms with van der Waals surface area (Å²) in [4.78, 5) is 12.2. The van der Waals surface area contributed by atoms with Crippen LogP contribution in [0.5, 0.6) is 5.75 Å². The second-order valence-electron chi connectivity index (χ2n) is 5.06. The largest absolute Gasteiger partial charge is 0.481 e. The lowest BCUT2D eigenvalue weighted by atomic mass is 10.1. The first-order chi connectivity index (χ1) is 11.7. The quantitative estimate of drug-likeness (QED) is 0.528. The predicted molar refractivity (Wildman–Crippen MR) is 99.0 cm³/mol. The number of amides is 1. The van der Waals surface area contributed by atoms with Crippen molar-refractivity contribution in [2.45, 2.75) is 24.3 Å². The van der Waals surface area contributed by atoms with E-state index in [1.54, 1.807) is 18.7 Å². The van der Waals surface area contributed by atoms with Gasteiger partial charge >= 0.3 is 0 Å². The lowest BCUT2D eigenvalue weighted by Gasteiger charge is -2.14. The van der Waals surface area contributed by atoms with Gasteiger partial charge < -0.3 is 4.74 Å². The second-order valence-corrected chi connectivity index (χ2v) is 7.55. The zero-order valence-corrected chi connectivity index (χ0v) is 15.0. The fraction of sp³-hybridized carbons (Fsp3) is 0.235. The van der Waals surface area contributed by atoms with E-state index in [1.165, 1.54) is 11.3 Å². The molecule has 0 aliphatic carbocycles. The third-order valence-electron chi connectivity index (χ3n) is 3.31. The molecule has 0 aliphatic rings. The van der Waals surface area contributed by atoms with Gasteiger partial charge in [0.1, 0.15) is 5.75 Å². The highest BCUT2D eigenvalue weighted by molar-refractivity contribution is 8.01. The lowest BCUT2D eigenvalue weighted by molar-refractivity contribution is -0.122. The lowest BCUT2D eigenvalue weighted by Crippen LogP contribution is -2.30. The molecule has 7 heteroatoms. The van der Waals surface area contributed by atoms with Gasteiger partial charge in [0, 0.05) is 0 Å². The Morgan fingerprint density at radius 3 is 2.83 bits per heavy atom. The molecule has 1 atom stereocenters. The van der Waals surface area contributed by atoms with Crippen LogP contribution in [0.1, 0.15) is 13.8 Å². The molecule has 1 heterocycles. The first-order valence-electron chi connectivity index (χ1n) is 7.58. The number of fused-ring (bicyclic) bond motifs is 1. The van der Waals surface area contributed by atoms with Crippen LogP contribution in [0.15, 0.2) is 46.8 Å². The number of nitrogens with one attached hydrogen (secondary N) is 1. The molecular weight excluding hydrogens is 342 g/mol. The van der Waals surface area contributed by atoms with Crippen molar-refractivity contribution in [1.82, 2.24) is 10.2 Å². The van der Waals surface area contributed by atoms with E-state index in [1.807, 2.05) is 49.4 Å². The minimum absolute atomic E-state index is 0.243. The highest BCUT2D eigenvalue weighted by Crippen LogP contribution is 2.25. The number of hydrogen-bond acceptors (Lipinski definition) is 6. The smallest absolute Gasteiger partial charge is 0.266 e. The molecule has 124 valence electrons. The predicted octanol–water partition coefficient (Wildman–Crippen LogP) is 4.21. The molecule has 1 aromatic heterocycles. The fourth-order valence-corrected chi connectivity index (χ4v) is 3.80. The highest BCUT2D eigenvalue weighted by Gasteiger charge is 2.17. The molecule has 0 saturated carbocycles. The first kappa shape index (κ1) is 16.7. The maximum absolute atomic E-state index is 12.2. The van der Waals surface area contributed by atoms with Crippen molar-refractivity contribution in [3.8, 4) is 5.75 Å². The zero-order chi connectivity index (χ0) is 16.9. The summed E-state index contributed by atoms with van der Waals surface area (Å²) < 4.78 is 6.59. The van der Waals surface area contributed by atoms with Crippen molar-refractivity contribution in [2.24, 2.45) is 0 Å². The summed E-state index contributed by atoms with van der Waals surface area (Å²) in [5, 5.41) is 13.4. The van der Waals surface area contributed by atoms with E-state index in [-0.39, 0.29) is 5.91 Å². The summed E-state index contributed by atoms with van der Waals surface area (Å²) in [6.07, 6.45) is -0.627. The number of carbonyl (C=O) groups is 1. The minimum Gasteiger partial charge on any atom is -0.481 e. The SMILES string of the molecule is CCSc1nnc(NC(=O)[C@H](C)Oc2ccc3ccccc3c2)s1. The number of hydrogen-bond donors (Lipinski definition) is 1. The van der Waals surface area contributed by atoms with Crippen LogP contribution in [-0.2, 0) is 4.79 Å². The zero-order valence-electron chi connectivity index (χ0n) is 13.4. The first-order valence-corrected chi connectivity index (χ1v) is 9.38. The molecule has 3 rings (SSSR count). The number of anilines is 1. The van der Waals surface area contributed by atoms with Crippen molar-refractivity contribution >= 4 is 44.9 Å². The van der Waals surface area contributed by atoms with Gasteiger partial charge in [0.15, 0.2) is 10.4 Å². The third-order valence-corrected chi connectivity index (χ3v) is 5.16. The normalized spacial score (nSPS) is 12.1. The van der Waals surface area contributed by atoms with E-state index >= 15 is 0 Å². The molecule has 24 heavy (non-hydrogen) atoms. The summed E-state index contributed by atoms with van der Waals surface area (Å²) in [6.45, 7) is 3.76. The molecule has 2 aromatic carbocycles. The van der Waals surface area contributed by atoms with Crippen LogP contribution in [0.4, 0.5) is 5.13 Å². The Hall–Kier alpha value is -2.12. The van der Waals surface area contributed by atoms with E-state index in [9.17, 15) is 4.79 Å². The maximum Gasteiger partial charge on any atom is 0.266 e. The third kappa shape index (κ3) is 4.04. The highest BCUT2D eigenvalue weighted by atomic mass is 32.2. The van der Waals surface area contributed by atoms with Gasteiger partial charge in [-0.25, -0.2) is 0 Å². The molecular formula is C17H17N3O2S2. The number of thioether (sulfide) groups is 1. The average molecular weight is 359 g/mol. The Morgan fingerprint density at radius 1 is 1.25 bits per heavy atom. The molecule has 0 aliphatic heterocycles. The summed E-state index contributed by atoms with van der Waals surface area (Å²) in [7, 11) is 0. The number of ether oxygens (including phenoxy) is 1. The van der Waals surface area contributed by atoms with E-state index in [0.29, 0.717) is 10.9 Å². The average Bonchev–Trinajstić information content (AvgIpc) is 3.02. The summed E-state index contributed by atoms with van der Waals surface area (Å²) in [6, 6.07) is 13.8. The number of benzene rings is 2. The van der Waals surface area contributed by atoms with Crippen molar-refractivity contribution in [3.63, 3.8) is 0 Å². The molecule has 0 radical (unpaired) electrons. The fourth-order valence-electron chi connectivity index (χ4n) is 2.15. The number of carbonyl (C=O) groups excluding carboxylic acids is 1. The molecule has 3 aromatic rings. The molecule has 1 amide bonds. The van der Waals surface area contributed by atoms with Crippen LogP contribution in [0.25, 0.3) is 10.8 Å². The van der Waals surface area contributed by atoms with Gasteiger partial charge in [0.2, 0.25) is 5.13 Å².